The molecule has 1 aromatic heterocycles. The Morgan fingerprint density at radius 2 is 2.06 bits per heavy atom. The number of rotatable bonds is 4. The zero-order valence-corrected chi connectivity index (χ0v) is 11.2. The molecule has 2 rings (SSSR count). The van der Waals surface area contributed by atoms with E-state index in [4.69, 9.17) is 5.11 Å². The molecule has 0 atom stereocenters. The Morgan fingerprint density at radius 3 is 2.78 bits per heavy atom. The average Bonchev–Trinajstić information content (AvgIpc) is 2.36. The quantitative estimate of drug-likeness (QED) is 0.917. The molecule has 94 valence electrons. The number of para-hydroxylation sites is 1. The monoisotopic (exact) mass is 261 g/mol. The fourth-order valence-electron chi connectivity index (χ4n) is 1.60. The molecule has 0 aliphatic heterocycles. The van der Waals surface area contributed by atoms with Crippen LogP contribution in [0.5, 0.6) is 0 Å². The van der Waals surface area contributed by atoms with Gasteiger partial charge in [0, 0.05) is 17.3 Å². The molecule has 3 nitrogen and oxygen atoms in total. The van der Waals surface area contributed by atoms with E-state index in [1.807, 2.05) is 30.3 Å². The number of hydrogen-bond acceptors (Lipinski definition) is 3. The van der Waals surface area contributed by atoms with Crippen molar-refractivity contribution in [3.63, 3.8) is 0 Å². The summed E-state index contributed by atoms with van der Waals surface area (Å²) in [6, 6.07) is 9.86. The smallest absolute Gasteiger partial charge is 0.319 e. The van der Waals surface area contributed by atoms with Crippen molar-refractivity contribution >= 4 is 28.6 Å². The van der Waals surface area contributed by atoms with Crippen molar-refractivity contribution in [1.82, 2.24) is 4.98 Å². The van der Waals surface area contributed by atoms with Gasteiger partial charge in [0.15, 0.2) is 0 Å². The van der Waals surface area contributed by atoms with E-state index in [2.05, 4.69) is 4.98 Å². The second kappa shape index (κ2) is 4.98. The molecule has 1 heterocycles. The SMILES string of the molecule is CC(C)(SCc1ccnc2ccccc12)C(=O)O. The minimum Gasteiger partial charge on any atom is -0.480 e. The molecule has 0 radical (unpaired) electrons. The van der Waals surface area contributed by atoms with Gasteiger partial charge in [-0.3, -0.25) is 9.78 Å². The number of fused-ring (bicyclic) bond motifs is 1. The number of thioether (sulfide) groups is 1. The van der Waals surface area contributed by atoms with Crippen LogP contribution in [0.4, 0.5) is 0 Å². The van der Waals surface area contributed by atoms with E-state index in [1.54, 1.807) is 20.0 Å². The molecule has 0 amide bonds. The van der Waals surface area contributed by atoms with Gasteiger partial charge in [0.2, 0.25) is 0 Å². The van der Waals surface area contributed by atoms with Crippen molar-refractivity contribution in [3.8, 4) is 0 Å². The number of benzene rings is 1. The Labute approximate surface area is 110 Å². The van der Waals surface area contributed by atoms with Gasteiger partial charge in [-0.1, -0.05) is 18.2 Å². The first-order valence-corrected chi connectivity index (χ1v) is 6.69. The number of carboxylic acids is 1. The van der Waals surface area contributed by atoms with Gasteiger partial charge in [-0.2, -0.15) is 0 Å². The summed E-state index contributed by atoms with van der Waals surface area (Å²) in [5.41, 5.74) is 2.07. The van der Waals surface area contributed by atoms with Gasteiger partial charge < -0.3 is 5.11 Å². The van der Waals surface area contributed by atoms with Crippen LogP contribution in [0.25, 0.3) is 10.9 Å². The second-order valence-corrected chi connectivity index (χ2v) is 6.19. The molecule has 18 heavy (non-hydrogen) atoms. The number of pyridine rings is 1. The third-order valence-electron chi connectivity index (χ3n) is 2.84. The number of carboxylic acid groups (broad SMARTS) is 1. The van der Waals surface area contributed by atoms with Crippen molar-refractivity contribution in [2.75, 3.05) is 0 Å². The van der Waals surface area contributed by atoms with Gasteiger partial charge >= 0.3 is 5.97 Å². The maximum absolute atomic E-state index is 11.1. The second-order valence-electron chi connectivity index (χ2n) is 4.59. The lowest BCUT2D eigenvalue weighted by Gasteiger charge is -2.18. The lowest BCUT2D eigenvalue weighted by atomic mass is 10.1. The maximum atomic E-state index is 11.1. The van der Waals surface area contributed by atoms with Crippen molar-refractivity contribution in [2.24, 2.45) is 0 Å². The van der Waals surface area contributed by atoms with E-state index in [0.717, 1.165) is 16.5 Å². The minimum absolute atomic E-state index is 0.669. The fraction of sp³-hybridized carbons (Fsp3) is 0.286. The normalized spacial score (nSPS) is 11.7. The number of carbonyl (C=O) groups is 1. The predicted octanol–water partition coefficient (Wildman–Crippen LogP) is 3.33. The van der Waals surface area contributed by atoms with Crippen LogP contribution in [0.2, 0.25) is 0 Å². The van der Waals surface area contributed by atoms with Crippen LogP contribution in [0.15, 0.2) is 36.5 Å². The molecule has 0 aliphatic rings. The highest BCUT2D eigenvalue weighted by Crippen LogP contribution is 2.30. The van der Waals surface area contributed by atoms with Crippen LogP contribution >= 0.6 is 11.8 Å². The van der Waals surface area contributed by atoms with Crippen LogP contribution in [-0.4, -0.2) is 20.8 Å². The molecule has 0 saturated carbocycles. The van der Waals surface area contributed by atoms with E-state index in [9.17, 15) is 4.79 Å². The highest BCUT2D eigenvalue weighted by Gasteiger charge is 2.27. The molecule has 0 aliphatic carbocycles. The van der Waals surface area contributed by atoms with Crippen molar-refractivity contribution in [1.29, 1.82) is 0 Å². The highest BCUT2D eigenvalue weighted by molar-refractivity contribution is 8.00. The summed E-state index contributed by atoms with van der Waals surface area (Å²) >= 11 is 1.43. The number of nitrogens with zero attached hydrogens (tertiary/aromatic N) is 1. The van der Waals surface area contributed by atoms with E-state index < -0.39 is 10.7 Å². The Kier molecular flexibility index (Phi) is 3.57. The van der Waals surface area contributed by atoms with Crippen molar-refractivity contribution in [2.45, 2.75) is 24.3 Å². The Hall–Kier alpha value is -1.55. The van der Waals surface area contributed by atoms with E-state index in [0.29, 0.717) is 5.75 Å². The lowest BCUT2D eigenvalue weighted by Crippen LogP contribution is -2.27. The van der Waals surface area contributed by atoms with Gasteiger partial charge in [-0.25, -0.2) is 0 Å². The Bertz CT molecular complexity index is 576. The summed E-state index contributed by atoms with van der Waals surface area (Å²) in [7, 11) is 0. The van der Waals surface area contributed by atoms with E-state index >= 15 is 0 Å². The molecule has 2 aromatic rings. The number of aromatic nitrogens is 1. The molecular formula is C14H15NO2S. The summed E-state index contributed by atoms with van der Waals surface area (Å²) in [4.78, 5) is 15.4. The first-order chi connectivity index (χ1) is 8.50. The van der Waals surface area contributed by atoms with Gasteiger partial charge in [0.25, 0.3) is 0 Å². The molecule has 0 bridgehead atoms. The molecular weight excluding hydrogens is 246 g/mol. The van der Waals surface area contributed by atoms with Crippen LogP contribution in [0.1, 0.15) is 19.4 Å². The highest BCUT2D eigenvalue weighted by atomic mass is 32.2. The summed E-state index contributed by atoms with van der Waals surface area (Å²) in [6.45, 7) is 3.45. The zero-order chi connectivity index (χ0) is 13.2. The summed E-state index contributed by atoms with van der Waals surface area (Å²) < 4.78 is -0.773. The molecule has 1 N–H and O–H groups in total. The van der Waals surface area contributed by atoms with Gasteiger partial charge in [-0.15, -0.1) is 11.8 Å². The van der Waals surface area contributed by atoms with Crippen LogP contribution in [-0.2, 0) is 10.5 Å². The molecule has 1 aromatic carbocycles. The predicted molar refractivity (Wildman–Crippen MR) is 74.8 cm³/mol. The summed E-state index contributed by atoms with van der Waals surface area (Å²) in [6.07, 6.45) is 1.77. The zero-order valence-electron chi connectivity index (χ0n) is 10.4. The van der Waals surface area contributed by atoms with Crippen LogP contribution in [0, 0.1) is 0 Å². The lowest BCUT2D eigenvalue weighted by molar-refractivity contribution is -0.138. The first kappa shape index (κ1) is 12.9. The molecule has 4 heteroatoms. The molecule has 0 unspecified atom stereocenters. The van der Waals surface area contributed by atoms with Gasteiger partial charge in [0.05, 0.1) is 5.52 Å². The van der Waals surface area contributed by atoms with Crippen LogP contribution in [0.3, 0.4) is 0 Å². The largest absolute Gasteiger partial charge is 0.480 e. The Balaban J connectivity index is 2.25. The van der Waals surface area contributed by atoms with Gasteiger partial charge in [0.1, 0.15) is 4.75 Å². The molecule has 0 spiro atoms. The number of aliphatic carboxylic acids is 1. The number of hydrogen-bond donors (Lipinski definition) is 1. The van der Waals surface area contributed by atoms with E-state index in [-0.39, 0.29) is 0 Å². The standard InChI is InChI=1S/C14H15NO2S/c1-14(2,13(16)17)18-9-10-7-8-15-12-6-4-3-5-11(10)12/h3-8H,9H2,1-2H3,(H,16,17). The van der Waals surface area contributed by atoms with Gasteiger partial charge in [-0.05, 0) is 31.5 Å². The van der Waals surface area contributed by atoms with Crippen molar-refractivity contribution < 1.29 is 9.90 Å². The summed E-state index contributed by atoms with van der Waals surface area (Å²) in [5.74, 6) is -0.117. The summed E-state index contributed by atoms with van der Waals surface area (Å²) in [5, 5.41) is 10.2. The Morgan fingerprint density at radius 1 is 1.33 bits per heavy atom. The van der Waals surface area contributed by atoms with E-state index in [1.165, 1.54) is 11.8 Å². The first-order valence-electron chi connectivity index (χ1n) is 5.71. The molecule has 0 fully saturated rings. The maximum Gasteiger partial charge on any atom is 0.319 e. The third-order valence-corrected chi connectivity index (χ3v) is 4.19. The minimum atomic E-state index is -0.786. The average molecular weight is 261 g/mol. The molecule has 0 saturated heterocycles. The fourth-order valence-corrected chi connectivity index (χ4v) is 2.49. The van der Waals surface area contributed by atoms with Crippen LogP contribution < -0.4 is 0 Å². The topological polar surface area (TPSA) is 50.2 Å². The third kappa shape index (κ3) is 2.64. The van der Waals surface area contributed by atoms with Crippen molar-refractivity contribution in [3.05, 3.63) is 42.1 Å².